The summed E-state index contributed by atoms with van der Waals surface area (Å²) < 4.78 is 29.3. The molecule has 0 aromatic heterocycles. The molecule has 0 radical (unpaired) electrons. The van der Waals surface area contributed by atoms with Gasteiger partial charge < -0.3 is 0 Å². The van der Waals surface area contributed by atoms with E-state index in [4.69, 9.17) is 0 Å². The molecule has 0 bridgehead atoms. The monoisotopic (exact) mass is 434 g/mol. The lowest BCUT2D eigenvalue weighted by Gasteiger charge is -2.26. The highest BCUT2D eigenvalue weighted by Gasteiger charge is 2.25. The van der Waals surface area contributed by atoms with Gasteiger partial charge in [-0.05, 0) is 98.7 Å². The highest BCUT2D eigenvalue weighted by atomic mass is 19.1. The summed E-state index contributed by atoms with van der Waals surface area (Å²) in [4.78, 5) is 0. The van der Waals surface area contributed by atoms with Crippen molar-refractivity contribution < 1.29 is 8.78 Å². The predicted octanol–water partition coefficient (Wildman–Crippen LogP) is 6.02. The minimum Gasteiger partial charge on any atom is -0.207 e. The Morgan fingerprint density at radius 3 is 2.39 bits per heavy atom. The molecule has 0 saturated carbocycles. The largest absolute Gasteiger partial charge is 0.207 e. The van der Waals surface area contributed by atoms with Crippen LogP contribution in [0.25, 0.3) is 11.6 Å². The summed E-state index contributed by atoms with van der Waals surface area (Å²) in [5, 5.41) is 4.12. The Morgan fingerprint density at radius 2 is 1.55 bits per heavy atom. The Hall–Kier alpha value is -3.52. The number of rotatable bonds is 2. The Kier molecular flexibility index (Phi) is 4.76. The Balaban J connectivity index is 1.77. The van der Waals surface area contributed by atoms with Gasteiger partial charge in [-0.15, -0.1) is 0 Å². The van der Waals surface area contributed by atoms with E-state index >= 15 is 4.39 Å². The van der Waals surface area contributed by atoms with Gasteiger partial charge in [-0.1, -0.05) is 66.7 Å². The van der Waals surface area contributed by atoms with Crippen molar-refractivity contribution in [3.05, 3.63) is 139 Å². The topological polar surface area (TPSA) is 0 Å². The molecule has 4 aromatic carbocycles. The van der Waals surface area contributed by atoms with Crippen LogP contribution in [-0.2, 0) is 6.42 Å². The fourth-order valence-electron chi connectivity index (χ4n) is 5.72. The minimum absolute atomic E-state index is 0.202. The molecule has 4 aromatic rings. The lowest BCUT2D eigenvalue weighted by molar-refractivity contribution is 0.608. The summed E-state index contributed by atoms with van der Waals surface area (Å²) in [6, 6.07) is 24.8. The van der Waals surface area contributed by atoms with Gasteiger partial charge in [0, 0.05) is 5.92 Å². The van der Waals surface area contributed by atoms with Crippen LogP contribution >= 0.6 is 0 Å². The summed E-state index contributed by atoms with van der Waals surface area (Å²) in [5.74, 6) is -0.653. The summed E-state index contributed by atoms with van der Waals surface area (Å²) in [5.41, 5.74) is 6.98. The fraction of sp³-hybridized carbons (Fsp3) is 0.161. The van der Waals surface area contributed by atoms with Crippen molar-refractivity contribution in [2.75, 3.05) is 0 Å². The van der Waals surface area contributed by atoms with E-state index < -0.39 is 0 Å². The smallest absolute Gasteiger partial charge is 0.127 e. The van der Waals surface area contributed by atoms with Crippen LogP contribution in [-0.4, -0.2) is 0 Å². The molecule has 0 heterocycles. The van der Waals surface area contributed by atoms with Gasteiger partial charge in [-0.3, -0.25) is 0 Å². The lowest BCUT2D eigenvalue weighted by atomic mass is 9.77. The van der Waals surface area contributed by atoms with Gasteiger partial charge in [0.05, 0.1) is 0 Å². The second-order valence-electron chi connectivity index (χ2n) is 9.10. The first-order valence-electron chi connectivity index (χ1n) is 11.6. The van der Waals surface area contributed by atoms with Crippen LogP contribution in [0, 0.1) is 29.0 Å². The van der Waals surface area contributed by atoms with Crippen LogP contribution in [0.2, 0.25) is 0 Å². The summed E-state index contributed by atoms with van der Waals surface area (Å²) in [7, 11) is 0. The Morgan fingerprint density at radius 1 is 0.758 bits per heavy atom. The van der Waals surface area contributed by atoms with Gasteiger partial charge in [0.15, 0.2) is 0 Å². The maximum absolute atomic E-state index is 15.0. The average Bonchev–Trinajstić information content (AvgIpc) is 2.84. The molecule has 0 nitrogen and oxygen atoms in total. The molecule has 1 atom stereocenters. The zero-order valence-corrected chi connectivity index (χ0v) is 18.5. The van der Waals surface area contributed by atoms with E-state index in [1.165, 1.54) is 39.6 Å². The van der Waals surface area contributed by atoms with Crippen LogP contribution in [0.3, 0.4) is 0 Å². The minimum atomic E-state index is -0.248. The highest BCUT2D eigenvalue weighted by molar-refractivity contribution is 5.71. The first kappa shape index (κ1) is 20.1. The zero-order chi connectivity index (χ0) is 22.5. The molecule has 2 heteroatoms. The van der Waals surface area contributed by atoms with E-state index in [1.54, 1.807) is 12.1 Å². The quantitative estimate of drug-likeness (QED) is 0.362. The van der Waals surface area contributed by atoms with Crippen molar-refractivity contribution in [3.8, 4) is 0 Å². The van der Waals surface area contributed by atoms with Crippen molar-refractivity contribution in [2.45, 2.75) is 32.1 Å². The van der Waals surface area contributed by atoms with Crippen LogP contribution in [0.1, 0.15) is 46.6 Å². The van der Waals surface area contributed by atoms with E-state index in [9.17, 15) is 4.39 Å². The van der Waals surface area contributed by atoms with Crippen molar-refractivity contribution in [1.29, 1.82) is 0 Å². The van der Waals surface area contributed by atoms with Crippen LogP contribution in [0.15, 0.2) is 78.9 Å². The highest BCUT2D eigenvalue weighted by Crippen LogP contribution is 2.35. The van der Waals surface area contributed by atoms with Gasteiger partial charge in [-0.25, -0.2) is 8.78 Å². The molecule has 6 rings (SSSR count). The molecule has 2 aliphatic rings. The predicted molar refractivity (Wildman–Crippen MR) is 129 cm³/mol. The molecular formula is C31H24F2. The van der Waals surface area contributed by atoms with E-state index in [-0.39, 0.29) is 17.6 Å². The molecule has 162 valence electrons. The fourth-order valence-corrected chi connectivity index (χ4v) is 5.72. The zero-order valence-electron chi connectivity index (χ0n) is 18.5. The third-order valence-corrected chi connectivity index (χ3v) is 7.21. The summed E-state index contributed by atoms with van der Waals surface area (Å²) in [6.45, 7) is 2.16. The SMILES string of the molecule is Cc1ccccc1C1=c2ccc3c(c2CCC1)C(c1ccccc1F)C=c1ccc(F)cc1=3. The second kappa shape index (κ2) is 7.81. The molecule has 33 heavy (non-hydrogen) atoms. The second-order valence-corrected chi connectivity index (χ2v) is 9.10. The molecule has 0 fully saturated rings. The molecule has 2 aliphatic carbocycles. The standard InChI is InChI=1S/C31H24F2/c1-19-7-2-3-8-22(19)23-10-6-11-26-24(23)15-16-27-28-18-21(32)14-13-20(28)17-29(31(26)27)25-9-4-5-12-30(25)33/h2-5,7-9,12-18,29H,6,10-11H2,1H3. The summed E-state index contributed by atoms with van der Waals surface area (Å²) in [6.07, 6.45) is 5.12. The molecule has 0 N–H and O–H groups in total. The maximum Gasteiger partial charge on any atom is 0.127 e. The maximum atomic E-state index is 15.0. The van der Waals surface area contributed by atoms with Gasteiger partial charge in [0.25, 0.3) is 0 Å². The molecule has 0 aliphatic heterocycles. The first-order chi connectivity index (χ1) is 16.1. The molecule has 1 unspecified atom stereocenters. The van der Waals surface area contributed by atoms with Crippen molar-refractivity contribution in [1.82, 2.24) is 0 Å². The number of halogens is 2. The Labute approximate surface area is 191 Å². The van der Waals surface area contributed by atoms with Gasteiger partial charge in [0.1, 0.15) is 11.6 Å². The third kappa shape index (κ3) is 3.24. The van der Waals surface area contributed by atoms with E-state index in [2.05, 4.69) is 49.4 Å². The van der Waals surface area contributed by atoms with Crippen molar-refractivity contribution >= 4 is 11.6 Å². The van der Waals surface area contributed by atoms with E-state index in [1.807, 2.05) is 18.2 Å². The Bertz CT molecular complexity index is 1630. The summed E-state index contributed by atoms with van der Waals surface area (Å²) >= 11 is 0. The van der Waals surface area contributed by atoms with Crippen LogP contribution in [0.4, 0.5) is 8.78 Å². The molecule has 0 saturated heterocycles. The number of hydrogen-bond acceptors (Lipinski definition) is 0. The molecular weight excluding hydrogens is 410 g/mol. The van der Waals surface area contributed by atoms with E-state index in [0.29, 0.717) is 5.56 Å². The van der Waals surface area contributed by atoms with E-state index in [0.717, 1.165) is 40.5 Å². The van der Waals surface area contributed by atoms with Crippen LogP contribution < -0.4 is 10.4 Å². The number of aryl methyl sites for hydroxylation is 1. The van der Waals surface area contributed by atoms with Gasteiger partial charge >= 0.3 is 0 Å². The molecule has 0 spiro atoms. The molecule has 0 amide bonds. The average molecular weight is 435 g/mol. The van der Waals surface area contributed by atoms with Crippen LogP contribution in [0.5, 0.6) is 0 Å². The number of hydrogen-bond donors (Lipinski definition) is 0. The first-order valence-corrected chi connectivity index (χ1v) is 11.6. The third-order valence-electron chi connectivity index (χ3n) is 7.21. The van der Waals surface area contributed by atoms with Gasteiger partial charge in [0.2, 0.25) is 0 Å². The lowest BCUT2D eigenvalue weighted by Crippen LogP contribution is -2.25. The number of fused-ring (bicyclic) bond motifs is 4. The van der Waals surface area contributed by atoms with Gasteiger partial charge in [-0.2, -0.15) is 0 Å². The normalized spacial score (nSPS) is 16.5. The number of benzene rings is 4. The van der Waals surface area contributed by atoms with Crippen molar-refractivity contribution in [3.63, 3.8) is 0 Å². The van der Waals surface area contributed by atoms with Crippen molar-refractivity contribution in [2.24, 2.45) is 0 Å².